The quantitative estimate of drug-likeness (QED) is 0.838. The molecule has 0 amide bonds. The highest BCUT2D eigenvalue weighted by Crippen LogP contribution is 2.27. The standard InChI is InChI=1S/C8H7BrF2O/c9-7-2-1-5(4-12)3-6(7)8(10)11/h1-3,8,12H,4H2. The van der Waals surface area contributed by atoms with Crippen molar-refractivity contribution in [3.05, 3.63) is 33.8 Å². The average Bonchev–Trinajstić information content (AvgIpc) is 2.05. The van der Waals surface area contributed by atoms with Crippen LogP contribution >= 0.6 is 15.9 Å². The molecule has 0 bridgehead atoms. The lowest BCUT2D eigenvalue weighted by Crippen LogP contribution is -1.90. The molecule has 0 aliphatic heterocycles. The molecule has 0 aliphatic carbocycles. The fraction of sp³-hybridized carbons (Fsp3) is 0.250. The van der Waals surface area contributed by atoms with Crippen molar-refractivity contribution in [1.29, 1.82) is 0 Å². The highest BCUT2D eigenvalue weighted by Gasteiger charge is 2.11. The molecule has 0 saturated carbocycles. The van der Waals surface area contributed by atoms with Crippen molar-refractivity contribution in [1.82, 2.24) is 0 Å². The Kier molecular flexibility index (Phi) is 3.17. The van der Waals surface area contributed by atoms with E-state index in [2.05, 4.69) is 15.9 Å². The number of hydrogen-bond acceptors (Lipinski definition) is 1. The maximum atomic E-state index is 12.2. The second-order valence-corrected chi connectivity index (χ2v) is 3.17. The van der Waals surface area contributed by atoms with Crippen molar-refractivity contribution in [3.8, 4) is 0 Å². The summed E-state index contributed by atoms with van der Waals surface area (Å²) >= 11 is 3.00. The maximum Gasteiger partial charge on any atom is 0.264 e. The lowest BCUT2D eigenvalue weighted by Gasteiger charge is -2.04. The van der Waals surface area contributed by atoms with Gasteiger partial charge in [0.15, 0.2) is 0 Å². The van der Waals surface area contributed by atoms with Gasteiger partial charge in [0.25, 0.3) is 6.43 Å². The van der Waals surface area contributed by atoms with Gasteiger partial charge in [-0.1, -0.05) is 22.0 Å². The van der Waals surface area contributed by atoms with Gasteiger partial charge in [-0.05, 0) is 17.7 Å². The molecule has 0 heterocycles. The van der Waals surface area contributed by atoms with Gasteiger partial charge in [0.2, 0.25) is 0 Å². The number of halogens is 3. The van der Waals surface area contributed by atoms with Gasteiger partial charge in [-0.3, -0.25) is 0 Å². The van der Waals surface area contributed by atoms with Crippen LogP contribution in [0.25, 0.3) is 0 Å². The van der Waals surface area contributed by atoms with E-state index < -0.39 is 6.43 Å². The van der Waals surface area contributed by atoms with Crippen molar-refractivity contribution in [3.63, 3.8) is 0 Å². The molecule has 0 fully saturated rings. The van der Waals surface area contributed by atoms with Gasteiger partial charge in [0.05, 0.1) is 6.61 Å². The van der Waals surface area contributed by atoms with E-state index in [1.807, 2.05) is 0 Å². The van der Waals surface area contributed by atoms with Crippen LogP contribution in [0.4, 0.5) is 8.78 Å². The highest BCUT2D eigenvalue weighted by molar-refractivity contribution is 9.10. The normalized spacial score (nSPS) is 10.8. The van der Waals surface area contributed by atoms with Gasteiger partial charge in [-0.25, -0.2) is 8.78 Å². The summed E-state index contributed by atoms with van der Waals surface area (Å²) in [6.45, 7) is -0.215. The van der Waals surface area contributed by atoms with Crippen LogP contribution < -0.4 is 0 Å². The van der Waals surface area contributed by atoms with Gasteiger partial charge < -0.3 is 5.11 Å². The summed E-state index contributed by atoms with van der Waals surface area (Å²) < 4.78 is 24.8. The van der Waals surface area contributed by atoms with Gasteiger partial charge in [-0.2, -0.15) is 0 Å². The maximum absolute atomic E-state index is 12.2. The van der Waals surface area contributed by atoms with Crippen LogP contribution in [-0.2, 0) is 6.61 Å². The Bertz CT molecular complexity index is 276. The number of alkyl halides is 2. The Morgan fingerprint density at radius 2 is 2.08 bits per heavy atom. The summed E-state index contributed by atoms with van der Waals surface area (Å²) in [6, 6.07) is 4.39. The van der Waals surface area contributed by atoms with Crippen LogP contribution in [0, 0.1) is 0 Å². The van der Waals surface area contributed by atoms with Crippen molar-refractivity contribution < 1.29 is 13.9 Å². The highest BCUT2D eigenvalue weighted by atomic mass is 79.9. The Morgan fingerprint density at radius 3 is 2.58 bits per heavy atom. The first-order chi connectivity index (χ1) is 5.65. The van der Waals surface area contributed by atoms with E-state index >= 15 is 0 Å². The summed E-state index contributed by atoms with van der Waals surface area (Å²) in [5.74, 6) is 0. The van der Waals surface area contributed by atoms with E-state index in [1.165, 1.54) is 12.1 Å². The SMILES string of the molecule is OCc1ccc(Br)c(C(F)F)c1. The molecule has 0 aliphatic rings. The van der Waals surface area contributed by atoms with E-state index in [9.17, 15) is 8.78 Å². The van der Waals surface area contributed by atoms with Crippen LogP contribution in [-0.4, -0.2) is 5.11 Å². The van der Waals surface area contributed by atoms with Crippen LogP contribution in [0.3, 0.4) is 0 Å². The fourth-order valence-electron chi connectivity index (χ4n) is 0.859. The van der Waals surface area contributed by atoms with Crippen LogP contribution in [0.5, 0.6) is 0 Å². The Hall–Kier alpha value is -0.480. The van der Waals surface area contributed by atoms with E-state index in [1.54, 1.807) is 6.07 Å². The smallest absolute Gasteiger partial charge is 0.264 e. The molecule has 0 saturated heterocycles. The minimum atomic E-state index is -2.51. The molecule has 1 aromatic carbocycles. The second kappa shape index (κ2) is 3.96. The van der Waals surface area contributed by atoms with E-state index in [0.29, 0.717) is 10.0 Å². The summed E-state index contributed by atoms with van der Waals surface area (Å²) in [5.41, 5.74) is 0.412. The zero-order valence-corrected chi connectivity index (χ0v) is 7.68. The molecular weight excluding hydrogens is 230 g/mol. The molecule has 0 atom stereocenters. The Labute approximate surface area is 77.2 Å². The summed E-state index contributed by atoms with van der Waals surface area (Å²) in [7, 11) is 0. The topological polar surface area (TPSA) is 20.2 Å². The largest absolute Gasteiger partial charge is 0.392 e. The molecule has 0 aromatic heterocycles. The first-order valence-corrected chi connectivity index (χ1v) is 4.11. The zero-order chi connectivity index (χ0) is 9.14. The van der Waals surface area contributed by atoms with Crippen LogP contribution in [0.1, 0.15) is 17.6 Å². The first kappa shape index (κ1) is 9.61. The monoisotopic (exact) mass is 236 g/mol. The third-order valence-corrected chi connectivity index (χ3v) is 2.20. The number of rotatable bonds is 2. The first-order valence-electron chi connectivity index (χ1n) is 3.32. The fourth-order valence-corrected chi connectivity index (χ4v) is 1.28. The van der Waals surface area contributed by atoms with Crippen molar-refractivity contribution in [2.45, 2.75) is 13.0 Å². The van der Waals surface area contributed by atoms with Crippen LogP contribution in [0.2, 0.25) is 0 Å². The third-order valence-electron chi connectivity index (χ3n) is 1.48. The molecule has 12 heavy (non-hydrogen) atoms. The molecule has 1 N–H and O–H groups in total. The third kappa shape index (κ3) is 2.01. The molecule has 0 spiro atoms. The van der Waals surface area contributed by atoms with Crippen molar-refractivity contribution in [2.75, 3.05) is 0 Å². The predicted molar refractivity (Wildman–Crippen MR) is 45.0 cm³/mol. The van der Waals surface area contributed by atoms with Crippen LogP contribution in [0.15, 0.2) is 22.7 Å². The number of aliphatic hydroxyl groups excluding tert-OH is 1. The average molecular weight is 237 g/mol. The number of hydrogen-bond donors (Lipinski definition) is 1. The molecule has 4 heteroatoms. The van der Waals surface area contributed by atoms with Gasteiger partial charge in [0.1, 0.15) is 0 Å². The summed E-state index contributed by atoms with van der Waals surface area (Å²) in [5, 5.41) is 8.67. The molecule has 0 radical (unpaired) electrons. The number of aliphatic hydroxyl groups is 1. The zero-order valence-electron chi connectivity index (χ0n) is 6.10. The number of benzene rings is 1. The predicted octanol–water partition coefficient (Wildman–Crippen LogP) is 2.88. The minimum Gasteiger partial charge on any atom is -0.392 e. The van der Waals surface area contributed by atoms with Gasteiger partial charge in [0, 0.05) is 10.0 Å². The van der Waals surface area contributed by atoms with Gasteiger partial charge in [-0.15, -0.1) is 0 Å². The second-order valence-electron chi connectivity index (χ2n) is 2.31. The van der Waals surface area contributed by atoms with E-state index in [4.69, 9.17) is 5.11 Å². The molecule has 66 valence electrons. The summed E-state index contributed by atoms with van der Waals surface area (Å²) in [4.78, 5) is 0. The van der Waals surface area contributed by atoms with E-state index in [0.717, 1.165) is 0 Å². The Balaban J connectivity index is 3.08. The molecule has 1 nitrogen and oxygen atoms in total. The van der Waals surface area contributed by atoms with E-state index in [-0.39, 0.29) is 12.2 Å². The minimum absolute atomic E-state index is 0.0819. The molecular formula is C8H7BrF2O. The van der Waals surface area contributed by atoms with Crippen molar-refractivity contribution in [2.24, 2.45) is 0 Å². The Morgan fingerprint density at radius 1 is 1.42 bits per heavy atom. The molecule has 1 rings (SSSR count). The molecule has 0 unspecified atom stereocenters. The van der Waals surface area contributed by atoms with Crippen molar-refractivity contribution >= 4 is 15.9 Å². The summed E-state index contributed by atoms with van der Waals surface area (Å²) in [6.07, 6.45) is -2.51. The lowest BCUT2D eigenvalue weighted by atomic mass is 10.1. The molecule has 1 aromatic rings. The van der Waals surface area contributed by atoms with Gasteiger partial charge >= 0.3 is 0 Å². The lowest BCUT2D eigenvalue weighted by molar-refractivity contribution is 0.150.